The second-order valence-electron chi connectivity index (χ2n) is 6.29. The summed E-state index contributed by atoms with van der Waals surface area (Å²) in [6.45, 7) is 0.168. The first-order valence-electron chi connectivity index (χ1n) is 8.27. The number of benzene rings is 2. The van der Waals surface area contributed by atoms with E-state index in [1.807, 2.05) is 0 Å². The summed E-state index contributed by atoms with van der Waals surface area (Å²) in [6.07, 6.45) is 1.04. The number of carbonyl (C=O) groups excluding carboxylic acids is 2. The molecule has 0 unspecified atom stereocenters. The van der Waals surface area contributed by atoms with Crippen LogP contribution in [0.2, 0.25) is 0 Å². The molecule has 134 valence electrons. The Morgan fingerprint density at radius 2 is 1.54 bits per heavy atom. The van der Waals surface area contributed by atoms with E-state index in [-0.39, 0.29) is 18.6 Å². The number of ether oxygens (including phenoxy) is 3. The first-order valence-corrected chi connectivity index (χ1v) is 8.27. The zero-order valence-electron chi connectivity index (χ0n) is 14.2. The summed E-state index contributed by atoms with van der Waals surface area (Å²) >= 11 is 0. The van der Waals surface area contributed by atoms with Gasteiger partial charge in [-0.25, -0.2) is 0 Å². The van der Waals surface area contributed by atoms with E-state index in [0.717, 1.165) is 0 Å². The molecule has 1 aliphatic carbocycles. The Labute approximate surface area is 150 Å². The fourth-order valence-corrected chi connectivity index (χ4v) is 2.83. The fraction of sp³-hybridized carbons (Fsp3) is 0.263. The normalized spacial score (nSPS) is 15.9. The second kappa shape index (κ2) is 6.25. The van der Waals surface area contributed by atoms with Gasteiger partial charge in [-0.1, -0.05) is 0 Å². The van der Waals surface area contributed by atoms with Crippen LogP contribution in [-0.4, -0.2) is 25.7 Å². The number of fused-ring (bicyclic) bond motifs is 1. The van der Waals surface area contributed by atoms with Gasteiger partial charge < -0.3 is 24.8 Å². The Balaban J connectivity index is 1.43. The maximum atomic E-state index is 12.7. The highest BCUT2D eigenvalue weighted by molar-refractivity contribution is 6.16. The number of hydrogen-bond acceptors (Lipinski definition) is 5. The van der Waals surface area contributed by atoms with E-state index in [0.29, 0.717) is 41.5 Å². The van der Waals surface area contributed by atoms with Crippen molar-refractivity contribution in [3.05, 3.63) is 42.5 Å². The topological polar surface area (TPSA) is 85.9 Å². The second-order valence-corrected chi connectivity index (χ2v) is 6.29. The molecule has 1 aliphatic heterocycles. The molecule has 1 heterocycles. The van der Waals surface area contributed by atoms with E-state index in [2.05, 4.69) is 10.6 Å². The van der Waals surface area contributed by atoms with Gasteiger partial charge in [0.25, 0.3) is 0 Å². The molecule has 1 fully saturated rings. The molecular weight excluding hydrogens is 336 g/mol. The summed E-state index contributed by atoms with van der Waals surface area (Å²) in [5.74, 6) is 1.30. The standard InChI is InChI=1S/C19H18N2O5/c1-24-14-5-2-12(3-6-14)20-17(22)19(8-9-19)18(23)21-13-4-7-15-16(10-13)26-11-25-15/h2-7,10H,8-9,11H2,1H3,(H,20,22)(H,21,23). The van der Waals surface area contributed by atoms with Crippen LogP contribution in [0.1, 0.15) is 12.8 Å². The number of rotatable bonds is 5. The monoisotopic (exact) mass is 354 g/mol. The number of methoxy groups -OCH3 is 1. The summed E-state index contributed by atoms with van der Waals surface area (Å²) in [6, 6.07) is 12.1. The van der Waals surface area contributed by atoms with Gasteiger partial charge in [-0.2, -0.15) is 0 Å². The number of nitrogens with one attached hydrogen (secondary N) is 2. The lowest BCUT2D eigenvalue weighted by Gasteiger charge is -2.16. The molecule has 1 saturated carbocycles. The van der Waals surface area contributed by atoms with E-state index in [4.69, 9.17) is 14.2 Å². The zero-order chi connectivity index (χ0) is 18.1. The van der Waals surface area contributed by atoms with Gasteiger partial charge in [0, 0.05) is 17.4 Å². The first-order chi connectivity index (χ1) is 12.6. The SMILES string of the molecule is COc1ccc(NC(=O)C2(C(=O)Nc3ccc4c(c3)OCO4)CC2)cc1. The third kappa shape index (κ3) is 2.92. The average molecular weight is 354 g/mol. The van der Waals surface area contributed by atoms with Crippen LogP contribution in [-0.2, 0) is 9.59 Å². The Morgan fingerprint density at radius 1 is 0.923 bits per heavy atom. The number of anilines is 2. The van der Waals surface area contributed by atoms with Crippen LogP contribution in [0.3, 0.4) is 0 Å². The van der Waals surface area contributed by atoms with E-state index in [9.17, 15) is 9.59 Å². The van der Waals surface area contributed by atoms with Crippen molar-refractivity contribution < 1.29 is 23.8 Å². The molecule has 2 aromatic carbocycles. The van der Waals surface area contributed by atoms with Crippen LogP contribution in [0.5, 0.6) is 17.2 Å². The molecule has 0 aromatic heterocycles. The molecule has 2 amide bonds. The van der Waals surface area contributed by atoms with Crippen LogP contribution in [0.25, 0.3) is 0 Å². The molecule has 26 heavy (non-hydrogen) atoms. The molecule has 7 nitrogen and oxygen atoms in total. The zero-order valence-corrected chi connectivity index (χ0v) is 14.2. The highest BCUT2D eigenvalue weighted by Crippen LogP contribution is 2.48. The number of hydrogen-bond donors (Lipinski definition) is 2. The van der Waals surface area contributed by atoms with Gasteiger partial charge in [-0.3, -0.25) is 9.59 Å². The quantitative estimate of drug-likeness (QED) is 0.807. The van der Waals surface area contributed by atoms with Gasteiger partial charge >= 0.3 is 0 Å². The maximum absolute atomic E-state index is 12.7. The Hall–Kier alpha value is -3.22. The van der Waals surface area contributed by atoms with Gasteiger partial charge in [-0.05, 0) is 49.2 Å². The molecular formula is C19H18N2O5. The Morgan fingerprint density at radius 3 is 2.19 bits per heavy atom. The van der Waals surface area contributed by atoms with Crippen LogP contribution in [0, 0.1) is 5.41 Å². The average Bonchev–Trinajstić information content (AvgIpc) is 3.35. The molecule has 0 spiro atoms. The van der Waals surface area contributed by atoms with E-state index in [1.165, 1.54) is 0 Å². The van der Waals surface area contributed by atoms with Gasteiger partial charge in [-0.15, -0.1) is 0 Å². The third-order valence-corrected chi connectivity index (χ3v) is 4.60. The van der Waals surface area contributed by atoms with Crippen molar-refractivity contribution >= 4 is 23.2 Å². The van der Waals surface area contributed by atoms with Gasteiger partial charge in [0.15, 0.2) is 11.5 Å². The number of amides is 2. The molecule has 2 N–H and O–H groups in total. The van der Waals surface area contributed by atoms with Gasteiger partial charge in [0.1, 0.15) is 11.2 Å². The molecule has 2 aromatic rings. The van der Waals surface area contributed by atoms with Crippen molar-refractivity contribution in [1.29, 1.82) is 0 Å². The third-order valence-electron chi connectivity index (χ3n) is 4.60. The lowest BCUT2D eigenvalue weighted by atomic mass is 10.0. The summed E-state index contributed by atoms with van der Waals surface area (Å²) in [7, 11) is 1.58. The smallest absolute Gasteiger partial charge is 0.240 e. The summed E-state index contributed by atoms with van der Waals surface area (Å²) in [5, 5.41) is 5.61. The number of carbonyl (C=O) groups is 2. The summed E-state index contributed by atoms with van der Waals surface area (Å²) in [5.41, 5.74) is 0.164. The van der Waals surface area contributed by atoms with E-state index >= 15 is 0 Å². The molecule has 2 aliphatic rings. The molecule has 0 saturated heterocycles. The van der Waals surface area contributed by atoms with Crippen molar-refractivity contribution in [3.8, 4) is 17.2 Å². The predicted octanol–water partition coefficient (Wildman–Crippen LogP) is 2.78. The summed E-state index contributed by atoms with van der Waals surface area (Å²) < 4.78 is 15.6. The van der Waals surface area contributed by atoms with Crippen molar-refractivity contribution in [3.63, 3.8) is 0 Å². The van der Waals surface area contributed by atoms with Gasteiger partial charge in [0.05, 0.1) is 7.11 Å². The van der Waals surface area contributed by atoms with Crippen LogP contribution in [0.15, 0.2) is 42.5 Å². The minimum Gasteiger partial charge on any atom is -0.497 e. The molecule has 0 bridgehead atoms. The largest absolute Gasteiger partial charge is 0.497 e. The maximum Gasteiger partial charge on any atom is 0.240 e. The minimum absolute atomic E-state index is 0.168. The Kier molecular flexibility index (Phi) is 3.91. The molecule has 4 rings (SSSR count). The lowest BCUT2D eigenvalue weighted by molar-refractivity contribution is -0.131. The van der Waals surface area contributed by atoms with Crippen LogP contribution >= 0.6 is 0 Å². The van der Waals surface area contributed by atoms with Crippen molar-refractivity contribution in [1.82, 2.24) is 0 Å². The molecule has 7 heteroatoms. The molecule has 0 radical (unpaired) electrons. The van der Waals surface area contributed by atoms with Gasteiger partial charge in [0.2, 0.25) is 18.6 Å². The lowest BCUT2D eigenvalue weighted by Crippen LogP contribution is -2.35. The van der Waals surface area contributed by atoms with Crippen molar-refractivity contribution in [2.45, 2.75) is 12.8 Å². The highest BCUT2D eigenvalue weighted by Gasteiger charge is 2.56. The highest BCUT2D eigenvalue weighted by atomic mass is 16.7. The fourth-order valence-electron chi connectivity index (χ4n) is 2.83. The molecule has 0 atom stereocenters. The van der Waals surface area contributed by atoms with E-state index < -0.39 is 5.41 Å². The Bertz CT molecular complexity index is 859. The summed E-state index contributed by atoms with van der Waals surface area (Å²) in [4.78, 5) is 25.3. The van der Waals surface area contributed by atoms with Crippen molar-refractivity contribution in [2.75, 3.05) is 24.5 Å². The van der Waals surface area contributed by atoms with Crippen molar-refractivity contribution in [2.24, 2.45) is 5.41 Å². The first kappa shape index (κ1) is 16.3. The van der Waals surface area contributed by atoms with Crippen LogP contribution in [0.4, 0.5) is 11.4 Å². The van der Waals surface area contributed by atoms with Crippen LogP contribution < -0.4 is 24.8 Å². The predicted molar refractivity (Wildman–Crippen MR) is 94.5 cm³/mol. The minimum atomic E-state index is -1.03. The van der Waals surface area contributed by atoms with E-state index in [1.54, 1.807) is 49.6 Å².